The molecule has 0 aromatic carbocycles. The summed E-state index contributed by atoms with van der Waals surface area (Å²) in [6, 6.07) is 2.14. The Hall–Kier alpha value is -1.40. The number of piperidine rings is 1. The third-order valence-electron chi connectivity index (χ3n) is 4.07. The van der Waals surface area contributed by atoms with Crippen molar-refractivity contribution in [3.8, 4) is 0 Å². The number of rotatable bonds is 4. The summed E-state index contributed by atoms with van der Waals surface area (Å²) < 4.78 is 0. The molecule has 2 aromatic rings. The van der Waals surface area contributed by atoms with Crippen LogP contribution in [0, 0.1) is 5.92 Å². The molecule has 2 aromatic heterocycles. The van der Waals surface area contributed by atoms with Crippen LogP contribution in [0.3, 0.4) is 0 Å². The van der Waals surface area contributed by atoms with E-state index in [9.17, 15) is 0 Å². The van der Waals surface area contributed by atoms with Crippen molar-refractivity contribution in [2.75, 3.05) is 51.0 Å². The van der Waals surface area contributed by atoms with Crippen LogP contribution in [-0.2, 0) is 0 Å². The molecule has 0 saturated carbocycles. The summed E-state index contributed by atoms with van der Waals surface area (Å²) in [4.78, 5) is 15.0. The van der Waals surface area contributed by atoms with Crippen LogP contribution in [0.2, 0.25) is 0 Å². The van der Waals surface area contributed by atoms with E-state index >= 15 is 0 Å². The van der Waals surface area contributed by atoms with Gasteiger partial charge in [0.15, 0.2) is 0 Å². The first-order valence-electron chi connectivity index (χ1n) is 7.50. The fourth-order valence-corrected chi connectivity index (χ4v) is 3.79. The minimum absolute atomic E-state index is 0.718. The first kappa shape index (κ1) is 14.5. The molecule has 1 saturated heterocycles. The van der Waals surface area contributed by atoms with Gasteiger partial charge in [-0.25, -0.2) is 4.98 Å². The lowest BCUT2D eigenvalue weighted by Gasteiger charge is -2.34. The second-order valence-electron chi connectivity index (χ2n) is 5.95. The molecule has 1 fully saturated rings. The maximum absolute atomic E-state index is 4.70. The minimum Gasteiger partial charge on any atom is -0.357 e. The van der Waals surface area contributed by atoms with Crippen LogP contribution in [0.15, 0.2) is 11.4 Å². The fraction of sp³-hybridized carbons (Fsp3) is 0.600. The lowest BCUT2D eigenvalue weighted by molar-refractivity contribution is 0.285. The molecule has 1 aliphatic rings. The Labute approximate surface area is 130 Å². The van der Waals surface area contributed by atoms with Crippen molar-refractivity contribution in [1.82, 2.24) is 14.9 Å². The van der Waals surface area contributed by atoms with Gasteiger partial charge in [-0.3, -0.25) is 0 Å². The Bertz CT molecular complexity index is 601. The van der Waals surface area contributed by atoms with Gasteiger partial charge in [0.25, 0.3) is 0 Å². The summed E-state index contributed by atoms with van der Waals surface area (Å²) in [6.07, 6.45) is 2.48. The van der Waals surface area contributed by atoms with Crippen LogP contribution >= 0.6 is 11.3 Å². The highest BCUT2D eigenvalue weighted by Crippen LogP contribution is 2.31. The second-order valence-corrected chi connectivity index (χ2v) is 6.85. The van der Waals surface area contributed by atoms with Crippen molar-refractivity contribution < 1.29 is 0 Å². The van der Waals surface area contributed by atoms with E-state index in [2.05, 4.69) is 45.6 Å². The van der Waals surface area contributed by atoms with Crippen molar-refractivity contribution >= 4 is 33.3 Å². The van der Waals surface area contributed by atoms with Gasteiger partial charge in [-0.05, 0) is 44.3 Å². The molecule has 0 aliphatic carbocycles. The number of aromatic nitrogens is 2. The highest BCUT2D eigenvalue weighted by atomic mass is 32.1. The van der Waals surface area contributed by atoms with Crippen LogP contribution in [0.1, 0.15) is 12.8 Å². The quantitative estimate of drug-likeness (QED) is 0.940. The molecule has 0 amide bonds. The van der Waals surface area contributed by atoms with Crippen LogP contribution in [0.25, 0.3) is 10.2 Å². The summed E-state index contributed by atoms with van der Waals surface area (Å²) in [6.45, 7) is 3.36. The van der Waals surface area contributed by atoms with Gasteiger partial charge in [0.1, 0.15) is 10.6 Å². The van der Waals surface area contributed by atoms with Gasteiger partial charge >= 0.3 is 0 Å². The summed E-state index contributed by atoms with van der Waals surface area (Å²) in [5.74, 6) is 2.61. The molecule has 0 atom stereocenters. The van der Waals surface area contributed by atoms with Crippen LogP contribution in [0.4, 0.5) is 11.8 Å². The number of fused-ring (bicyclic) bond motifs is 1. The minimum atomic E-state index is 0.718. The standard InChI is InChI=1S/C15H23N5S/c1-16-15-17-13(12-6-9-21-14(12)18-15)20-7-4-11(5-8-20)10-19(2)3/h6,9,11H,4-5,7-8,10H2,1-3H3,(H,16,17,18). The zero-order valence-electron chi connectivity index (χ0n) is 13.0. The van der Waals surface area contributed by atoms with Crippen molar-refractivity contribution in [1.29, 1.82) is 0 Å². The molecule has 0 bridgehead atoms. The van der Waals surface area contributed by atoms with E-state index in [0.717, 1.165) is 35.6 Å². The molecule has 0 unspecified atom stereocenters. The molecule has 0 spiro atoms. The van der Waals surface area contributed by atoms with Crippen LogP contribution in [-0.4, -0.2) is 55.6 Å². The molecule has 21 heavy (non-hydrogen) atoms. The highest BCUT2D eigenvalue weighted by Gasteiger charge is 2.22. The highest BCUT2D eigenvalue weighted by molar-refractivity contribution is 7.16. The average molecular weight is 305 g/mol. The van der Waals surface area contributed by atoms with E-state index in [1.807, 2.05) is 7.05 Å². The van der Waals surface area contributed by atoms with Gasteiger partial charge in [0, 0.05) is 26.7 Å². The van der Waals surface area contributed by atoms with Crippen LogP contribution < -0.4 is 10.2 Å². The molecule has 1 N–H and O–H groups in total. The van der Waals surface area contributed by atoms with Gasteiger partial charge in [0.05, 0.1) is 5.39 Å². The molecular weight excluding hydrogens is 282 g/mol. The predicted octanol–water partition coefficient (Wildman–Crippen LogP) is 2.51. The molecule has 1 aliphatic heterocycles. The number of nitrogens with one attached hydrogen (secondary N) is 1. The molecule has 0 radical (unpaired) electrons. The van der Waals surface area contributed by atoms with E-state index < -0.39 is 0 Å². The lowest BCUT2D eigenvalue weighted by atomic mass is 9.96. The Morgan fingerprint density at radius 3 is 2.76 bits per heavy atom. The van der Waals surface area contributed by atoms with Gasteiger partial charge in [-0.1, -0.05) is 0 Å². The first-order chi connectivity index (χ1) is 10.2. The Morgan fingerprint density at radius 2 is 2.10 bits per heavy atom. The average Bonchev–Trinajstić information content (AvgIpc) is 2.94. The SMILES string of the molecule is CNc1nc(N2CCC(CN(C)C)CC2)c2ccsc2n1. The molecule has 3 rings (SSSR count). The maximum atomic E-state index is 4.70. The smallest absolute Gasteiger partial charge is 0.225 e. The number of hydrogen-bond acceptors (Lipinski definition) is 6. The van der Waals surface area contributed by atoms with E-state index in [1.165, 1.54) is 24.8 Å². The Kier molecular flexibility index (Phi) is 4.26. The van der Waals surface area contributed by atoms with Gasteiger partial charge in [0.2, 0.25) is 5.95 Å². The van der Waals surface area contributed by atoms with Crippen molar-refractivity contribution in [2.45, 2.75) is 12.8 Å². The number of anilines is 2. The Balaban J connectivity index is 1.80. The summed E-state index contributed by atoms with van der Waals surface area (Å²) in [5.41, 5.74) is 0. The summed E-state index contributed by atoms with van der Waals surface area (Å²) in [5, 5.41) is 6.36. The second kappa shape index (κ2) is 6.15. The maximum Gasteiger partial charge on any atom is 0.225 e. The normalized spacial score (nSPS) is 16.9. The Morgan fingerprint density at radius 1 is 1.33 bits per heavy atom. The van der Waals surface area contributed by atoms with Crippen molar-refractivity contribution in [3.63, 3.8) is 0 Å². The fourth-order valence-electron chi connectivity index (χ4n) is 3.04. The van der Waals surface area contributed by atoms with Crippen LogP contribution in [0.5, 0.6) is 0 Å². The third-order valence-corrected chi connectivity index (χ3v) is 4.87. The molecular formula is C15H23N5S. The summed E-state index contributed by atoms with van der Waals surface area (Å²) in [7, 11) is 6.19. The monoisotopic (exact) mass is 305 g/mol. The van der Waals surface area contributed by atoms with E-state index in [-0.39, 0.29) is 0 Å². The van der Waals surface area contributed by atoms with E-state index in [1.54, 1.807) is 11.3 Å². The molecule has 114 valence electrons. The van der Waals surface area contributed by atoms with E-state index in [0.29, 0.717) is 0 Å². The largest absolute Gasteiger partial charge is 0.357 e. The van der Waals surface area contributed by atoms with Crippen molar-refractivity contribution in [2.24, 2.45) is 5.92 Å². The zero-order chi connectivity index (χ0) is 14.8. The summed E-state index contributed by atoms with van der Waals surface area (Å²) >= 11 is 1.68. The zero-order valence-corrected chi connectivity index (χ0v) is 13.8. The van der Waals surface area contributed by atoms with Gasteiger partial charge < -0.3 is 15.1 Å². The number of nitrogens with zero attached hydrogens (tertiary/aromatic N) is 4. The lowest BCUT2D eigenvalue weighted by Crippen LogP contribution is -2.37. The molecule has 3 heterocycles. The molecule has 5 nitrogen and oxygen atoms in total. The first-order valence-corrected chi connectivity index (χ1v) is 8.38. The topological polar surface area (TPSA) is 44.3 Å². The van der Waals surface area contributed by atoms with E-state index in [4.69, 9.17) is 4.98 Å². The number of hydrogen-bond donors (Lipinski definition) is 1. The van der Waals surface area contributed by atoms with Crippen molar-refractivity contribution in [3.05, 3.63) is 11.4 Å². The molecule has 6 heteroatoms. The van der Waals surface area contributed by atoms with Gasteiger partial charge in [-0.15, -0.1) is 11.3 Å². The predicted molar refractivity (Wildman–Crippen MR) is 90.5 cm³/mol. The van der Waals surface area contributed by atoms with Gasteiger partial charge in [-0.2, -0.15) is 4.98 Å². The third kappa shape index (κ3) is 3.11. The number of thiophene rings is 1.